The topological polar surface area (TPSA) is 130 Å². The number of hydrogen-bond donors (Lipinski definition) is 3. The van der Waals surface area contributed by atoms with Crippen molar-refractivity contribution in [3.63, 3.8) is 0 Å². The molecule has 8 heteroatoms. The largest absolute Gasteiger partial charge is 0.384 e. The van der Waals surface area contributed by atoms with Crippen LogP contribution in [0.15, 0.2) is 28.6 Å². The molecule has 0 bridgehead atoms. The second-order valence-electron chi connectivity index (χ2n) is 2.88. The molecule has 0 aromatic carbocycles. The maximum Gasteiger partial charge on any atom is 0.197 e. The van der Waals surface area contributed by atoms with Gasteiger partial charge in [-0.3, -0.25) is 0 Å². The SMILES string of the molecule is Nc1cc(Sc2nc(N)cc(N)n2)ncn1. The second kappa shape index (κ2) is 4.19. The summed E-state index contributed by atoms with van der Waals surface area (Å²) in [4.78, 5) is 15.8. The Morgan fingerprint density at radius 1 is 0.875 bits per heavy atom. The van der Waals surface area contributed by atoms with Crippen molar-refractivity contribution in [2.75, 3.05) is 17.2 Å². The van der Waals surface area contributed by atoms with Gasteiger partial charge in [0.05, 0.1) is 0 Å². The number of aromatic nitrogens is 4. The van der Waals surface area contributed by atoms with Crippen LogP contribution >= 0.6 is 11.8 Å². The summed E-state index contributed by atoms with van der Waals surface area (Å²) < 4.78 is 0. The number of rotatable bonds is 2. The van der Waals surface area contributed by atoms with Crippen molar-refractivity contribution in [2.24, 2.45) is 0 Å². The fraction of sp³-hybridized carbons (Fsp3) is 0. The highest BCUT2D eigenvalue weighted by atomic mass is 32.2. The Kier molecular flexibility index (Phi) is 2.73. The second-order valence-corrected chi connectivity index (χ2v) is 3.87. The van der Waals surface area contributed by atoms with Gasteiger partial charge in [0.1, 0.15) is 28.8 Å². The predicted octanol–water partition coefficient (Wildman–Crippen LogP) is 0.164. The lowest BCUT2D eigenvalue weighted by molar-refractivity contribution is 0.971. The van der Waals surface area contributed by atoms with E-state index < -0.39 is 0 Å². The average molecular weight is 235 g/mol. The Morgan fingerprint density at radius 3 is 2.19 bits per heavy atom. The fourth-order valence-electron chi connectivity index (χ4n) is 1.01. The van der Waals surface area contributed by atoms with Gasteiger partial charge in [-0.05, 0) is 11.8 Å². The summed E-state index contributed by atoms with van der Waals surface area (Å²) in [6, 6.07) is 3.10. The Labute approximate surface area is 95.5 Å². The Bertz CT molecular complexity index is 495. The van der Waals surface area contributed by atoms with Crippen molar-refractivity contribution >= 4 is 29.2 Å². The summed E-state index contributed by atoms with van der Waals surface area (Å²) >= 11 is 1.22. The van der Waals surface area contributed by atoms with E-state index in [2.05, 4.69) is 19.9 Å². The van der Waals surface area contributed by atoms with Crippen LogP contribution in [0.3, 0.4) is 0 Å². The molecule has 0 aliphatic rings. The average Bonchev–Trinajstić information content (AvgIpc) is 2.15. The standard InChI is InChI=1S/C8H9N7S/c9-4-2-7(13-3-12-4)16-8-14-5(10)1-6(11)15-8/h1-3H,(H2,9,12,13)(H4,10,11,14,15). The minimum absolute atomic E-state index is 0.317. The molecule has 0 radical (unpaired) electrons. The van der Waals surface area contributed by atoms with Crippen molar-refractivity contribution in [1.82, 2.24) is 19.9 Å². The molecular formula is C8H9N7S. The third kappa shape index (κ3) is 2.48. The summed E-state index contributed by atoms with van der Waals surface area (Å²) in [5, 5.41) is 1.06. The number of nitrogens with zero attached hydrogens (tertiary/aromatic N) is 4. The maximum atomic E-state index is 5.54. The quantitative estimate of drug-likeness (QED) is 0.496. The highest BCUT2D eigenvalue weighted by Gasteiger charge is 2.04. The monoisotopic (exact) mass is 235 g/mol. The van der Waals surface area contributed by atoms with Crippen molar-refractivity contribution < 1.29 is 0 Å². The number of hydrogen-bond acceptors (Lipinski definition) is 8. The van der Waals surface area contributed by atoms with Crippen LogP contribution in [0.1, 0.15) is 0 Å². The predicted molar refractivity (Wildman–Crippen MR) is 61.4 cm³/mol. The molecule has 0 unspecified atom stereocenters. The van der Waals surface area contributed by atoms with E-state index in [1.54, 1.807) is 6.07 Å². The summed E-state index contributed by atoms with van der Waals surface area (Å²) in [5.41, 5.74) is 16.6. The summed E-state index contributed by atoms with van der Waals surface area (Å²) in [6.07, 6.45) is 1.37. The molecule has 0 spiro atoms. The van der Waals surface area contributed by atoms with Gasteiger partial charge in [0.15, 0.2) is 5.16 Å². The first-order valence-corrected chi connectivity index (χ1v) is 5.10. The number of nitrogens with two attached hydrogens (primary N) is 3. The molecule has 0 atom stereocenters. The summed E-state index contributed by atoms with van der Waals surface area (Å²) in [6.45, 7) is 0. The van der Waals surface area contributed by atoms with Crippen LogP contribution in [0.2, 0.25) is 0 Å². The first kappa shape index (κ1) is 10.4. The molecule has 0 fully saturated rings. The molecule has 7 nitrogen and oxygen atoms in total. The Hall–Kier alpha value is -2.09. The van der Waals surface area contributed by atoms with Crippen LogP contribution in [-0.2, 0) is 0 Å². The molecule has 16 heavy (non-hydrogen) atoms. The zero-order valence-corrected chi connectivity index (χ0v) is 8.98. The Morgan fingerprint density at radius 2 is 1.56 bits per heavy atom. The smallest absolute Gasteiger partial charge is 0.197 e. The third-order valence-electron chi connectivity index (χ3n) is 1.60. The van der Waals surface area contributed by atoms with E-state index in [0.29, 0.717) is 27.6 Å². The van der Waals surface area contributed by atoms with Crippen molar-refractivity contribution in [1.29, 1.82) is 0 Å². The highest BCUT2D eigenvalue weighted by molar-refractivity contribution is 7.99. The fourth-order valence-corrected chi connectivity index (χ4v) is 1.78. The van der Waals surface area contributed by atoms with E-state index in [1.165, 1.54) is 24.2 Å². The molecule has 2 aromatic rings. The van der Waals surface area contributed by atoms with Crippen molar-refractivity contribution in [3.05, 3.63) is 18.5 Å². The van der Waals surface area contributed by atoms with E-state index >= 15 is 0 Å². The molecule has 82 valence electrons. The molecule has 2 aromatic heterocycles. The molecule has 0 saturated carbocycles. The van der Waals surface area contributed by atoms with Gasteiger partial charge in [0, 0.05) is 12.1 Å². The van der Waals surface area contributed by atoms with E-state index in [1.807, 2.05) is 0 Å². The molecule has 6 N–H and O–H groups in total. The van der Waals surface area contributed by atoms with Crippen LogP contribution in [0.4, 0.5) is 17.5 Å². The third-order valence-corrected chi connectivity index (χ3v) is 2.40. The lowest BCUT2D eigenvalue weighted by Gasteiger charge is -2.01. The normalized spacial score (nSPS) is 10.2. The van der Waals surface area contributed by atoms with E-state index in [4.69, 9.17) is 17.2 Å². The molecule has 0 saturated heterocycles. The van der Waals surface area contributed by atoms with Crippen LogP contribution in [-0.4, -0.2) is 19.9 Å². The number of anilines is 3. The van der Waals surface area contributed by atoms with Gasteiger partial charge in [-0.2, -0.15) is 0 Å². The van der Waals surface area contributed by atoms with Crippen LogP contribution in [0.25, 0.3) is 0 Å². The summed E-state index contributed by atoms with van der Waals surface area (Å²) in [7, 11) is 0. The molecule has 2 heterocycles. The molecule has 0 aliphatic heterocycles. The zero-order valence-electron chi connectivity index (χ0n) is 8.16. The first-order chi connectivity index (χ1) is 7.63. The van der Waals surface area contributed by atoms with Gasteiger partial charge in [-0.1, -0.05) is 0 Å². The molecule has 0 amide bonds. The van der Waals surface area contributed by atoms with E-state index in [-0.39, 0.29) is 0 Å². The van der Waals surface area contributed by atoms with Gasteiger partial charge < -0.3 is 17.2 Å². The van der Waals surface area contributed by atoms with Gasteiger partial charge >= 0.3 is 0 Å². The van der Waals surface area contributed by atoms with Crippen LogP contribution < -0.4 is 17.2 Å². The highest BCUT2D eigenvalue weighted by Crippen LogP contribution is 2.24. The lowest BCUT2D eigenvalue weighted by Crippen LogP contribution is -1.99. The molecule has 0 aliphatic carbocycles. The van der Waals surface area contributed by atoms with Gasteiger partial charge in [-0.15, -0.1) is 0 Å². The summed E-state index contributed by atoms with van der Waals surface area (Å²) in [5.74, 6) is 1.02. The van der Waals surface area contributed by atoms with E-state index in [9.17, 15) is 0 Å². The molecule has 2 rings (SSSR count). The van der Waals surface area contributed by atoms with Gasteiger partial charge in [0.25, 0.3) is 0 Å². The van der Waals surface area contributed by atoms with Crippen LogP contribution in [0.5, 0.6) is 0 Å². The molecular weight excluding hydrogens is 226 g/mol. The van der Waals surface area contributed by atoms with E-state index in [0.717, 1.165) is 0 Å². The minimum Gasteiger partial charge on any atom is -0.384 e. The van der Waals surface area contributed by atoms with Gasteiger partial charge in [-0.25, -0.2) is 19.9 Å². The lowest BCUT2D eigenvalue weighted by atomic mass is 10.5. The zero-order chi connectivity index (χ0) is 11.5. The van der Waals surface area contributed by atoms with Crippen molar-refractivity contribution in [3.8, 4) is 0 Å². The number of nitrogen functional groups attached to an aromatic ring is 3. The first-order valence-electron chi connectivity index (χ1n) is 4.29. The maximum absolute atomic E-state index is 5.54. The van der Waals surface area contributed by atoms with Crippen molar-refractivity contribution in [2.45, 2.75) is 10.2 Å². The van der Waals surface area contributed by atoms with Crippen LogP contribution in [0, 0.1) is 0 Å². The minimum atomic E-state index is 0.317. The van der Waals surface area contributed by atoms with Gasteiger partial charge in [0.2, 0.25) is 0 Å². The Balaban J connectivity index is 2.27.